The number of esters is 2. The molecule has 2 N–H and O–H groups in total. The molecule has 0 atom stereocenters. The van der Waals surface area contributed by atoms with Gasteiger partial charge in [0, 0.05) is 5.41 Å². The third-order valence-electron chi connectivity index (χ3n) is 7.80. The molecule has 1 aliphatic rings. The van der Waals surface area contributed by atoms with Crippen LogP contribution in [0, 0.1) is 11.3 Å². The Morgan fingerprint density at radius 1 is 0.865 bits per heavy atom. The van der Waals surface area contributed by atoms with E-state index in [2.05, 4.69) is 51.3 Å². The third kappa shape index (κ3) is 9.11. The SMILES string of the molecule is C=C(CO)C(=O)OCC(CCC)(COC(=O)C(=C)CO)C1CCC(c2ccc(CCCCC)cc2)CC1. The van der Waals surface area contributed by atoms with Crippen LogP contribution in [0.3, 0.4) is 0 Å². The maximum Gasteiger partial charge on any atom is 0.335 e. The molecule has 1 aliphatic carbocycles. The molecule has 37 heavy (non-hydrogen) atoms. The minimum atomic E-state index is -0.637. The Morgan fingerprint density at radius 2 is 1.41 bits per heavy atom. The molecule has 0 aromatic heterocycles. The first-order valence-electron chi connectivity index (χ1n) is 13.8. The molecule has 1 aromatic rings. The first-order chi connectivity index (χ1) is 17.8. The zero-order chi connectivity index (χ0) is 27.3. The fraction of sp³-hybridized carbons (Fsp3) is 0.613. The van der Waals surface area contributed by atoms with Crippen molar-refractivity contribution < 1.29 is 29.3 Å². The Balaban J connectivity index is 2.13. The largest absolute Gasteiger partial charge is 0.462 e. The number of hydrogen-bond acceptors (Lipinski definition) is 6. The molecule has 1 saturated carbocycles. The van der Waals surface area contributed by atoms with Gasteiger partial charge in [-0.1, -0.05) is 70.5 Å². The molecule has 1 aromatic carbocycles. The van der Waals surface area contributed by atoms with E-state index < -0.39 is 30.6 Å². The highest BCUT2D eigenvalue weighted by Crippen LogP contribution is 2.46. The Bertz CT molecular complexity index is 847. The van der Waals surface area contributed by atoms with Crippen molar-refractivity contribution in [2.24, 2.45) is 11.3 Å². The lowest BCUT2D eigenvalue weighted by Crippen LogP contribution is -2.43. The predicted octanol–water partition coefficient (Wildman–Crippen LogP) is 5.66. The average Bonchev–Trinajstić information content (AvgIpc) is 2.94. The van der Waals surface area contributed by atoms with Gasteiger partial charge in [0.1, 0.15) is 13.2 Å². The number of rotatable bonds is 16. The highest BCUT2D eigenvalue weighted by Gasteiger charge is 2.43. The lowest BCUT2D eigenvalue weighted by Gasteiger charge is -2.43. The number of benzene rings is 1. The van der Waals surface area contributed by atoms with Crippen LogP contribution in [0.15, 0.2) is 48.6 Å². The van der Waals surface area contributed by atoms with Crippen LogP contribution >= 0.6 is 0 Å². The number of hydrogen-bond donors (Lipinski definition) is 2. The van der Waals surface area contributed by atoms with Crippen molar-refractivity contribution in [3.8, 4) is 0 Å². The van der Waals surface area contributed by atoms with Crippen LogP contribution in [-0.4, -0.2) is 48.6 Å². The van der Waals surface area contributed by atoms with Crippen molar-refractivity contribution >= 4 is 11.9 Å². The summed E-state index contributed by atoms with van der Waals surface area (Å²) in [6.07, 6.45) is 10.3. The van der Waals surface area contributed by atoms with Gasteiger partial charge in [-0.15, -0.1) is 0 Å². The summed E-state index contributed by atoms with van der Waals surface area (Å²) in [7, 11) is 0. The van der Waals surface area contributed by atoms with Crippen LogP contribution < -0.4 is 0 Å². The molecule has 206 valence electrons. The fourth-order valence-corrected chi connectivity index (χ4v) is 5.45. The van der Waals surface area contributed by atoms with Gasteiger partial charge in [0.25, 0.3) is 0 Å². The summed E-state index contributed by atoms with van der Waals surface area (Å²) < 4.78 is 11.2. The Morgan fingerprint density at radius 3 is 1.86 bits per heavy atom. The number of aliphatic hydroxyl groups is 2. The maximum absolute atomic E-state index is 12.3. The Hall–Kier alpha value is -2.44. The minimum absolute atomic E-state index is 0.00194. The lowest BCUT2D eigenvalue weighted by molar-refractivity contribution is -0.154. The van der Waals surface area contributed by atoms with Gasteiger partial charge in [-0.3, -0.25) is 0 Å². The van der Waals surface area contributed by atoms with Crippen LogP contribution in [0.5, 0.6) is 0 Å². The molecule has 0 radical (unpaired) electrons. The molecule has 0 unspecified atom stereocenters. The fourth-order valence-electron chi connectivity index (χ4n) is 5.45. The van der Waals surface area contributed by atoms with E-state index in [0.717, 1.165) is 38.5 Å². The van der Waals surface area contributed by atoms with E-state index in [1.807, 2.05) is 0 Å². The third-order valence-corrected chi connectivity index (χ3v) is 7.80. The second-order valence-corrected chi connectivity index (χ2v) is 10.5. The van der Waals surface area contributed by atoms with E-state index in [-0.39, 0.29) is 30.3 Å². The van der Waals surface area contributed by atoms with Crippen LogP contribution in [0.25, 0.3) is 0 Å². The summed E-state index contributed by atoms with van der Waals surface area (Å²) in [5.74, 6) is -0.598. The van der Waals surface area contributed by atoms with Gasteiger partial charge < -0.3 is 19.7 Å². The van der Waals surface area contributed by atoms with Gasteiger partial charge in [0.15, 0.2) is 0 Å². The van der Waals surface area contributed by atoms with Crippen LogP contribution in [0.4, 0.5) is 0 Å². The zero-order valence-electron chi connectivity index (χ0n) is 22.8. The average molecular weight is 515 g/mol. The number of ether oxygens (including phenoxy) is 2. The maximum atomic E-state index is 12.3. The molecule has 0 heterocycles. The summed E-state index contributed by atoms with van der Waals surface area (Å²) in [5.41, 5.74) is 2.20. The van der Waals surface area contributed by atoms with Crippen molar-refractivity contribution in [3.05, 3.63) is 59.7 Å². The second-order valence-electron chi connectivity index (χ2n) is 10.5. The molecule has 1 fully saturated rings. The lowest BCUT2D eigenvalue weighted by atomic mass is 9.64. The molecule has 0 aliphatic heterocycles. The van der Waals surface area contributed by atoms with Crippen molar-refractivity contribution in [3.63, 3.8) is 0 Å². The number of aryl methyl sites for hydroxylation is 1. The summed E-state index contributed by atoms with van der Waals surface area (Å²) in [4.78, 5) is 24.6. The molecule has 0 amide bonds. The normalized spacial score (nSPS) is 17.7. The minimum Gasteiger partial charge on any atom is -0.462 e. The van der Waals surface area contributed by atoms with Gasteiger partial charge in [-0.05, 0) is 67.9 Å². The molecule has 6 nitrogen and oxygen atoms in total. The second kappa shape index (κ2) is 15.7. The number of carbonyl (C=O) groups excluding carboxylic acids is 2. The molecular weight excluding hydrogens is 468 g/mol. The number of aliphatic hydroxyl groups excluding tert-OH is 2. The van der Waals surface area contributed by atoms with Crippen molar-refractivity contribution in [2.75, 3.05) is 26.4 Å². The molecule has 0 saturated heterocycles. The number of carbonyl (C=O) groups is 2. The summed E-state index contributed by atoms with van der Waals surface area (Å²) in [5, 5.41) is 18.5. The van der Waals surface area contributed by atoms with Gasteiger partial charge >= 0.3 is 11.9 Å². The van der Waals surface area contributed by atoms with Gasteiger partial charge in [0.05, 0.1) is 24.4 Å². The smallest absolute Gasteiger partial charge is 0.335 e. The van der Waals surface area contributed by atoms with Crippen molar-refractivity contribution in [1.29, 1.82) is 0 Å². The molecule has 0 bridgehead atoms. The first kappa shape index (κ1) is 30.8. The Kier molecular flexibility index (Phi) is 13.1. The first-order valence-corrected chi connectivity index (χ1v) is 13.8. The van der Waals surface area contributed by atoms with Gasteiger partial charge in [-0.2, -0.15) is 0 Å². The van der Waals surface area contributed by atoms with E-state index >= 15 is 0 Å². The molecule has 6 heteroatoms. The monoisotopic (exact) mass is 514 g/mol. The summed E-state index contributed by atoms with van der Waals surface area (Å²) in [6, 6.07) is 9.07. The van der Waals surface area contributed by atoms with Crippen molar-refractivity contribution in [1.82, 2.24) is 0 Å². The van der Waals surface area contributed by atoms with E-state index in [9.17, 15) is 19.8 Å². The highest BCUT2D eigenvalue weighted by atomic mass is 16.5. The van der Waals surface area contributed by atoms with Crippen LogP contribution in [0.2, 0.25) is 0 Å². The Labute approximate surface area is 222 Å². The highest BCUT2D eigenvalue weighted by molar-refractivity contribution is 5.88. The van der Waals surface area contributed by atoms with Crippen LogP contribution in [0.1, 0.15) is 88.7 Å². The zero-order valence-corrected chi connectivity index (χ0v) is 22.8. The van der Waals surface area contributed by atoms with E-state index in [1.165, 1.54) is 30.4 Å². The predicted molar refractivity (Wildman–Crippen MR) is 146 cm³/mol. The van der Waals surface area contributed by atoms with Crippen LogP contribution in [-0.2, 0) is 25.5 Å². The van der Waals surface area contributed by atoms with Gasteiger partial charge in [0.2, 0.25) is 0 Å². The van der Waals surface area contributed by atoms with E-state index in [4.69, 9.17) is 9.47 Å². The molecule has 2 rings (SSSR count). The van der Waals surface area contributed by atoms with E-state index in [0.29, 0.717) is 12.3 Å². The standard InChI is InChI=1S/C31H46O6/c1-5-7-8-9-25-10-12-26(13-11-25)27-14-16-28(17-15-27)31(18-6-2,21-36-29(34)23(3)19-32)22-37-30(35)24(4)20-33/h10-13,27-28,32-33H,3-9,14-22H2,1-2H3. The van der Waals surface area contributed by atoms with E-state index in [1.54, 1.807) is 0 Å². The molecule has 0 spiro atoms. The topological polar surface area (TPSA) is 93.1 Å². The van der Waals surface area contributed by atoms with Crippen molar-refractivity contribution in [2.45, 2.75) is 84.0 Å². The molecular formula is C31H46O6. The van der Waals surface area contributed by atoms with Gasteiger partial charge in [-0.25, -0.2) is 9.59 Å². The quantitative estimate of drug-likeness (QED) is 0.168. The summed E-state index contributed by atoms with van der Waals surface area (Å²) >= 11 is 0. The summed E-state index contributed by atoms with van der Waals surface area (Å²) in [6.45, 7) is 10.6. The number of unbranched alkanes of at least 4 members (excludes halogenated alkanes) is 2.